The number of benzene rings is 3. The van der Waals surface area contributed by atoms with Gasteiger partial charge in [-0.2, -0.15) is 5.10 Å². The van der Waals surface area contributed by atoms with Crippen molar-refractivity contribution < 1.29 is 23.8 Å². The number of esters is 1. The van der Waals surface area contributed by atoms with Crippen LogP contribution in [0.25, 0.3) is 0 Å². The molecule has 1 aliphatic rings. The number of nitrogens with zero attached hydrogens (tertiary/aromatic N) is 2. The summed E-state index contributed by atoms with van der Waals surface area (Å²) in [5.74, 6) is -0.163. The van der Waals surface area contributed by atoms with Crippen LogP contribution in [0.4, 0.5) is 0 Å². The van der Waals surface area contributed by atoms with E-state index in [9.17, 15) is 9.59 Å². The van der Waals surface area contributed by atoms with Crippen molar-refractivity contribution >= 4 is 40.8 Å². The van der Waals surface area contributed by atoms with Crippen LogP contribution < -0.4 is 9.47 Å². The van der Waals surface area contributed by atoms with Gasteiger partial charge in [0.1, 0.15) is 11.5 Å². The molecule has 0 saturated heterocycles. The number of hydrogen-bond acceptors (Lipinski definition) is 6. The highest BCUT2D eigenvalue weighted by atomic mass is 35.5. The van der Waals surface area contributed by atoms with Crippen LogP contribution in [0.3, 0.4) is 0 Å². The van der Waals surface area contributed by atoms with Gasteiger partial charge in [0.25, 0.3) is 5.91 Å². The first kappa shape index (κ1) is 25.5. The van der Waals surface area contributed by atoms with E-state index in [1.165, 1.54) is 18.0 Å². The Labute approximate surface area is 219 Å². The third-order valence-electron chi connectivity index (χ3n) is 5.64. The number of rotatable bonds is 8. The van der Waals surface area contributed by atoms with E-state index in [-0.39, 0.29) is 16.8 Å². The average Bonchev–Trinajstić information content (AvgIpc) is 3.35. The quantitative estimate of drug-likeness (QED) is 0.352. The molecule has 0 spiro atoms. The Kier molecular flexibility index (Phi) is 8.13. The molecule has 36 heavy (non-hydrogen) atoms. The van der Waals surface area contributed by atoms with Crippen LogP contribution in [0.5, 0.6) is 11.5 Å². The molecule has 1 amide bonds. The smallest absolute Gasteiger partial charge is 0.347 e. The minimum absolute atomic E-state index is 0.264. The number of carbonyl (C=O) groups excluding carboxylic acids is 2. The predicted molar refractivity (Wildman–Crippen MR) is 138 cm³/mol. The molecule has 2 unspecified atom stereocenters. The lowest BCUT2D eigenvalue weighted by Gasteiger charge is -2.22. The zero-order valence-electron chi connectivity index (χ0n) is 19.7. The molecule has 7 nitrogen and oxygen atoms in total. The number of hydrogen-bond donors (Lipinski definition) is 0. The second kappa shape index (κ2) is 11.5. The van der Waals surface area contributed by atoms with E-state index in [0.717, 1.165) is 16.8 Å². The number of ether oxygens (including phenoxy) is 3. The largest absolute Gasteiger partial charge is 0.497 e. The molecule has 1 heterocycles. The molecular weight excluding hydrogens is 503 g/mol. The van der Waals surface area contributed by atoms with Gasteiger partial charge < -0.3 is 14.2 Å². The Morgan fingerprint density at radius 1 is 1.06 bits per heavy atom. The van der Waals surface area contributed by atoms with Gasteiger partial charge in [0.05, 0.1) is 23.9 Å². The summed E-state index contributed by atoms with van der Waals surface area (Å²) in [6, 6.07) is 21.4. The number of amides is 1. The van der Waals surface area contributed by atoms with E-state index in [1.54, 1.807) is 19.2 Å². The number of halogens is 2. The lowest BCUT2D eigenvalue weighted by atomic mass is 9.98. The molecule has 0 N–H and O–H groups in total. The molecule has 0 fully saturated rings. The van der Waals surface area contributed by atoms with Crippen LogP contribution in [-0.4, -0.2) is 42.4 Å². The van der Waals surface area contributed by atoms with Crippen LogP contribution >= 0.6 is 23.2 Å². The Morgan fingerprint density at radius 3 is 2.44 bits per heavy atom. The lowest BCUT2D eigenvalue weighted by Crippen LogP contribution is -2.34. The summed E-state index contributed by atoms with van der Waals surface area (Å²) in [5.41, 5.74) is 2.58. The van der Waals surface area contributed by atoms with Crippen LogP contribution in [0, 0.1) is 0 Å². The molecule has 1 aliphatic heterocycles. The SMILES string of the molecule is COc1ccc(C2CC(c3ccccc3)=NN2C(=O)COC(=O)C(C)Oc2ccc(Cl)cc2Cl)cc1. The van der Waals surface area contributed by atoms with Gasteiger partial charge in [0.15, 0.2) is 12.7 Å². The van der Waals surface area contributed by atoms with Gasteiger partial charge in [0, 0.05) is 11.4 Å². The number of methoxy groups -OCH3 is 1. The van der Waals surface area contributed by atoms with Gasteiger partial charge in [0.2, 0.25) is 0 Å². The molecule has 3 aromatic rings. The number of hydrazone groups is 1. The zero-order valence-corrected chi connectivity index (χ0v) is 21.2. The summed E-state index contributed by atoms with van der Waals surface area (Å²) >= 11 is 12.0. The van der Waals surface area contributed by atoms with Gasteiger partial charge in [-0.05, 0) is 48.4 Å². The Hall–Kier alpha value is -3.55. The van der Waals surface area contributed by atoms with Gasteiger partial charge in [-0.25, -0.2) is 9.80 Å². The first-order chi connectivity index (χ1) is 17.4. The Balaban J connectivity index is 1.46. The fourth-order valence-corrected chi connectivity index (χ4v) is 4.21. The normalized spacial score (nSPS) is 15.7. The van der Waals surface area contributed by atoms with E-state index in [2.05, 4.69) is 5.10 Å². The molecule has 0 aliphatic carbocycles. The minimum atomic E-state index is -0.990. The van der Waals surface area contributed by atoms with Gasteiger partial charge in [-0.15, -0.1) is 0 Å². The van der Waals surface area contributed by atoms with Crippen molar-refractivity contribution in [2.45, 2.75) is 25.5 Å². The van der Waals surface area contributed by atoms with Crippen molar-refractivity contribution in [1.82, 2.24) is 5.01 Å². The van der Waals surface area contributed by atoms with E-state index < -0.39 is 24.6 Å². The topological polar surface area (TPSA) is 77.4 Å². The van der Waals surface area contributed by atoms with Crippen LogP contribution in [0.1, 0.15) is 30.5 Å². The van der Waals surface area contributed by atoms with Crippen molar-refractivity contribution in [2.75, 3.05) is 13.7 Å². The number of carbonyl (C=O) groups is 2. The second-order valence-electron chi connectivity index (χ2n) is 8.09. The molecule has 3 aromatic carbocycles. The van der Waals surface area contributed by atoms with Crippen LogP contribution in [0.15, 0.2) is 77.9 Å². The molecular formula is C27H24Cl2N2O5. The summed E-state index contributed by atoms with van der Waals surface area (Å²) in [4.78, 5) is 25.7. The predicted octanol–water partition coefficient (Wildman–Crippen LogP) is 5.69. The molecule has 2 atom stereocenters. The molecule has 0 saturated carbocycles. The highest BCUT2D eigenvalue weighted by Crippen LogP contribution is 2.34. The lowest BCUT2D eigenvalue weighted by molar-refractivity contribution is -0.158. The molecule has 186 valence electrons. The summed E-state index contributed by atoms with van der Waals surface area (Å²) in [7, 11) is 1.59. The van der Waals surface area contributed by atoms with Crippen molar-refractivity contribution in [1.29, 1.82) is 0 Å². The average molecular weight is 527 g/mol. The second-order valence-corrected chi connectivity index (χ2v) is 8.93. The van der Waals surface area contributed by atoms with Gasteiger partial charge in [-0.3, -0.25) is 4.79 Å². The Morgan fingerprint density at radius 2 is 1.78 bits per heavy atom. The summed E-state index contributed by atoms with van der Waals surface area (Å²) in [6.07, 6.45) is -0.472. The standard InChI is InChI=1S/C27H24Cl2N2O5/c1-17(36-25-13-10-20(28)14-22(25)29)27(33)35-16-26(32)31-24(19-8-11-21(34-2)12-9-19)15-23(30-31)18-6-4-3-5-7-18/h3-14,17,24H,15-16H2,1-2H3. The van der Waals surface area contributed by atoms with Crippen LogP contribution in [0.2, 0.25) is 10.0 Å². The van der Waals surface area contributed by atoms with Crippen molar-refractivity contribution in [3.8, 4) is 11.5 Å². The Bertz CT molecular complexity index is 1260. The first-order valence-electron chi connectivity index (χ1n) is 11.2. The van der Waals surface area contributed by atoms with Crippen molar-refractivity contribution in [2.24, 2.45) is 5.10 Å². The monoisotopic (exact) mass is 526 g/mol. The molecule has 0 aromatic heterocycles. The van der Waals surface area contributed by atoms with E-state index in [0.29, 0.717) is 17.2 Å². The maximum Gasteiger partial charge on any atom is 0.347 e. The molecule has 9 heteroatoms. The van der Waals surface area contributed by atoms with Gasteiger partial charge in [-0.1, -0.05) is 65.7 Å². The minimum Gasteiger partial charge on any atom is -0.497 e. The van der Waals surface area contributed by atoms with E-state index in [1.807, 2.05) is 54.6 Å². The fourth-order valence-electron chi connectivity index (χ4n) is 3.76. The fraction of sp³-hybridized carbons (Fsp3) is 0.222. The summed E-state index contributed by atoms with van der Waals surface area (Å²) < 4.78 is 16.1. The molecule has 0 bridgehead atoms. The van der Waals surface area contributed by atoms with E-state index >= 15 is 0 Å². The first-order valence-corrected chi connectivity index (χ1v) is 12.0. The highest BCUT2D eigenvalue weighted by molar-refractivity contribution is 6.35. The zero-order chi connectivity index (χ0) is 25.7. The molecule has 4 rings (SSSR count). The maximum absolute atomic E-state index is 13.1. The third-order valence-corrected chi connectivity index (χ3v) is 6.17. The highest BCUT2D eigenvalue weighted by Gasteiger charge is 2.34. The van der Waals surface area contributed by atoms with Crippen LogP contribution in [-0.2, 0) is 14.3 Å². The van der Waals surface area contributed by atoms with Gasteiger partial charge >= 0.3 is 5.97 Å². The molecule has 0 radical (unpaired) electrons. The summed E-state index contributed by atoms with van der Waals surface area (Å²) in [5, 5.41) is 6.67. The van der Waals surface area contributed by atoms with E-state index in [4.69, 9.17) is 37.4 Å². The van der Waals surface area contributed by atoms with Crippen molar-refractivity contribution in [3.05, 3.63) is 94.0 Å². The third kappa shape index (κ3) is 5.98. The maximum atomic E-state index is 13.1. The summed E-state index contributed by atoms with van der Waals surface area (Å²) in [6.45, 7) is 1.03. The van der Waals surface area contributed by atoms with Crippen molar-refractivity contribution in [3.63, 3.8) is 0 Å².